The van der Waals surface area contributed by atoms with Crippen LogP contribution in [0, 0.1) is 0 Å². The number of carbonyl (C=O) groups is 1. The van der Waals surface area contributed by atoms with E-state index in [1.807, 2.05) is 41.8 Å². The highest BCUT2D eigenvalue weighted by Crippen LogP contribution is 2.42. The van der Waals surface area contributed by atoms with Crippen molar-refractivity contribution in [3.8, 4) is 0 Å². The van der Waals surface area contributed by atoms with Gasteiger partial charge in [0.15, 0.2) is 0 Å². The Hall–Kier alpha value is -1.66. The van der Waals surface area contributed by atoms with Gasteiger partial charge in [-0.1, -0.05) is 18.2 Å². The quantitative estimate of drug-likeness (QED) is 0.812. The zero-order valence-corrected chi connectivity index (χ0v) is 13.2. The molecule has 21 heavy (non-hydrogen) atoms. The van der Waals surface area contributed by atoms with Crippen molar-refractivity contribution in [2.75, 3.05) is 12.9 Å². The average Bonchev–Trinajstić information content (AvgIpc) is 2.96. The molecule has 0 fully saturated rings. The van der Waals surface area contributed by atoms with Gasteiger partial charge in [-0.05, 0) is 23.6 Å². The minimum Gasteiger partial charge on any atom is -0.469 e. The molecule has 0 saturated heterocycles. The number of nitrogens with zero attached hydrogens (tertiary/aromatic N) is 1. The fraction of sp³-hybridized carbons (Fsp3) is 0.267. The van der Waals surface area contributed by atoms with Crippen LogP contribution in [0.4, 0.5) is 5.69 Å². The Morgan fingerprint density at radius 3 is 2.86 bits per heavy atom. The first-order chi connectivity index (χ1) is 10.1. The second-order valence-electron chi connectivity index (χ2n) is 4.86. The van der Waals surface area contributed by atoms with E-state index in [0.717, 1.165) is 15.5 Å². The lowest BCUT2D eigenvalue weighted by molar-refractivity contribution is -0.140. The first kappa shape index (κ1) is 14.3. The number of carbonyl (C=O) groups excluding carboxylic acids is 1. The average molecular weight is 321 g/mol. The van der Waals surface area contributed by atoms with E-state index in [4.69, 9.17) is 4.74 Å². The number of ether oxygens (including phenoxy) is 1. The fourth-order valence-electron chi connectivity index (χ4n) is 2.46. The van der Waals surface area contributed by atoms with E-state index >= 15 is 0 Å². The second-order valence-corrected chi connectivity index (χ2v) is 8.07. The summed E-state index contributed by atoms with van der Waals surface area (Å²) in [6.45, 7) is 0. The number of hydrogen-bond acceptors (Lipinski definition) is 5. The lowest BCUT2D eigenvalue weighted by Crippen LogP contribution is -2.20. The maximum absolute atomic E-state index is 13.2. The van der Waals surface area contributed by atoms with Gasteiger partial charge in [-0.3, -0.25) is 4.79 Å². The van der Waals surface area contributed by atoms with Crippen LogP contribution >= 0.6 is 11.3 Å². The van der Waals surface area contributed by atoms with E-state index < -0.39 is 9.73 Å². The van der Waals surface area contributed by atoms with E-state index in [9.17, 15) is 9.00 Å². The maximum Gasteiger partial charge on any atom is 0.306 e. The lowest BCUT2D eigenvalue weighted by Gasteiger charge is -2.23. The third kappa shape index (κ3) is 2.73. The molecule has 2 atom stereocenters. The Morgan fingerprint density at radius 1 is 1.38 bits per heavy atom. The van der Waals surface area contributed by atoms with Gasteiger partial charge in [-0.15, -0.1) is 11.3 Å². The van der Waals surface area contributed by atoms with Gasteiger partial charge in [0.1, 0.15) is 0 Å². The van der Waals surface area contributed by atoms with Crippen LogP contribution in [-0.2, 0) is 19.3 Å². The van der Waals surface area contributed by atoms with Crippen molar-refractivity contribution >= 4 is 32.7 Å². The van der Waals surface area contributed by atoms with Crippen LogP contribution in [0.15, 0.2) is 51.0 Å². The van der Waals surface area contributed by atoms with Crippen LogP contribution < -0.4 is 0 Å². The summed E-state index contributed by atoms with van der Waals surface area (Å²) in [5.41, 5.74) is 0.744. The summed E-state index contributed by atoms with van der Waals surface area (Å²) in [5, 5.41) is 1.93. The molecule has 2 heterocycles. The minimum atomic E-state index is -2.53. The molecule has 1 aliphatic heterocycles. The Morgan fingerprint density at radius 2 is 2.14 bits per heavy atom. The zero-order valence-electron chi connectivity index (χ0n) is 11.5. The molecule has 1 aromatic heterocycles. The van der Waals surface area contributed by atoms with E-state index in [2.05, 4.69) is 4.36 Å². The number of benzene rings is 1. The molecule has 1 aliphatic rings. The third-order valence-corrected chi connectivity index (χ3v) is 6.89. The van der Waals surface area contributed by atoms with E-state index in [1.54, 1.807) is 11.3 Å². The standard InChI is InChI=1S/C15H15NO3S2/c1-19-14(17)9-11-10-21(18,12-5-3-2-4-6-12)16-13-7-8-20-15(11)13/h2-8,11H,9-10H2,1H3/t11-,21?/m1/s1. The molecule has 0 aliphatic carbocycles. The van der Waals surface area contributed by atoms with Gasteiger partial charge in [0.25, 0.3) is 0 Å². The highest BCUT2D eigenvalue weighted by atomic mass is 32.2. The summed E-state index contributed by atoms with van der Waals surface area (Å²) in [7, 11) is -1.16. The van der Waals surface area contributed by atoms with Gasteiger partial charge in [-0.2, -0.15) is 4.36 Å². The van der Waals surface area contributed by atoms with Gasteiger partial charge < -0.3 is 4.74 Å². The second kappa shape index (κ2) is 5.61. The smallest absolute Gasteiger partial charge is 0.306 e. The number of methoxy groups -OCH3 is 1. The Bertz CT molecular complexity index is 773. The van der Waals surface area contributed by atoms with E-state index in [0.29, 0.717) is 5.75 Å². The SMILES string of the molecule is COC(=O)C[C@@H]1CS(=O)(c2ccccc2)=Nc2ccsc21. The number of fused-ring (bicyclic) bond motifs is 1. The summed E-state index contributed by atoms with van der Waals surface area (Å²) in [6, 6.07) is 11.1. The molecule has 1 aromatic carbocycles. The van der Waals surface area contributed by atoms with Crippen LogP contribution in [0.3, 0.4) is 0 Å². The molecular formula is C15H15NO3S2. The fourth-order valence-corrected chi connectivity index (χ4v) is 5.82. The van der Waals surface area contributed by atoms with Gasteiger partial charge in [-0.25, -0.2) is 4.21 Å². The van der Waals surface area contributed by atoms with Gasteiger partial charge in [0.05, 0.1) is 28.9 Å². The number of hydrogen-bond donors (Lipinski definition) is 0. The van der Waals surface area contributed by atoms with Crippen molar-refractivity contribution in [3.63, 3.8) is 0 Å². The van der Waals surface area contributed by atoms with Gasteiger partial charge in [0, 0.05) is 21.4 Å². The first-order valence-corrected chi connectivity index (χ1v) is 9.13. The molecule has 6 heteroatoms. The van der Waals surface area contributed by atoms with Crippen molar-refractivity contribution in [2.24, 2.45) is 4.36 Å². The van der Waals surface area contributed by atoms with E-state index in [-0.39, 0.29) is 18.3 Å². The Labute approximate surface area is 128 Å². The van der Waals surface area contributed by atoms with Crippen LogP contribution in [0.25, 0.3) is 0 Å². The number of esters is 1. The summed E-state index contributed by atoms with van der Waals surface area (Å²) < 4.78 is 22.5. The van der Waals surface area contributed by atoms with Crippen molar-refractivity contribution < 1.29 is 13.7 Å². The predicted octanol–water partition coefficient (Wildman–Crippen LogP) is 3.57. The topological polar surface area (TPSA) is 55.7 Å². The van der Waals surface area contributed by atoms with Crippen molar-refractivity contribution in [1.29, 1.82) is 0 Å². The van der Waals surface area contributed by atoms with Gasteiger partial charge in [0.2, 0.25) is 0 Å². The lowest BCUT2D eigenvalue weighted by atomic mass is 10.1. The van der Waals surface area contributed by atoms with Crippen molar-refractivity contribution in [1.82, 2.24) is 0 Å². The summed E-state index contributed by atoms with van der Waals surface area (Å²) in [6.07, 6.45) is 0.239. The first-order valence-electron chi connectivity index (χ1n) is 6.56. The Kier molecular flexibility index (Phi) is 3.82. The molecule has 1 unspecified atom stereocenters. The largest absolute Gasteiger partial charge is 0.469 e. The third-order valence-electron chi connectivity index (χ3n) is 3.47. The highest BCUT2D eigenvalue weighted by molar-refractivity contribution is 7.93. The van der Waals surface area contributed by atoms with E-state index in [1.165, 1.54) is 7.11 Å². The monoisotopic (exact) mass is 321 g/mol. The summed E-state index contributed by atoms with van der Waals surface area (Å²) in [5.74, 6) is -0.0201. The Balaban J connectivity index is 2.06. The van der Waals surface area contributed by atoms with Crippen LogP contribution in [0.2, 0.25) is 0 Å². The molecule has 0 N–H and O–H groups in total. The maximum atomic E-state index is 13.2. The van der Waals surface area contributed by atoms with Crippen LogP contribution in [-0.4, -0.2) is 23.0 Å². The van der Waals surface area contributed by atoms with Gasteiger partial charge >= 0.3 is 5.97 Å². The molecule has 0 bridgehead atoms. The highest BCUT2D eigenvalue weighted by Gasteiger charge is 2.31. The van der Waals surface area contributed by atoms with Crippen LogP contribution in [0.1, 0.15) is 17.2 Å². The van der Waals surface area contributed by atoms with Crippen molar-refractivity contribution in [3.05, 3.63) is 46.7 Å². The molecular weight excluding hydrogens is 306 g/mol. The normalized spacial score (nSPS) is 24.0. The molecule has 2 aromatic rings. The predicted molar refractivity (Wildman–Crippen MR) is 83.5 cm³/mol. The molecule has 110 valence electrons. The number of thiophene rings is 1. The van der Waals surface area contributed by atoms with Crippen LogP contribution in [0.5, 0.6) is 0 Å². The minimum absolute atomic E-state index is 0.0994. The summed E-state index contributed by atoms with van der Waals surface area (Å²) >= 11 is 1.55. The molecule has 4 nitrogen and oxygen atoms in total. The van der Waals surface area contributed by atoms with Crippen molar-refractivity contribution in [2.45, 2.75) is 17.2 Å². The molecule has 0 saturated carbocycles. The molecule has 0 amide bonds. The zero-order chi connectivity index (χ0) is 14.9. The summed E-state index contributed by atoms with van der Waals surface area (Å²) in [4.78, 5) is 13.4. The number of rotatable bonds is 3. The molecule has 0 radical (unpaired) electrons. The molecule has 3 rings (SSSR count). The molecule has 0 spiro atoms.